The van der Waals surface area contributed by atoms with Gasteiger partial charge in [0.05, 0.1) is 5.69 Å². The third-order valence-electron chi connectivity index (χ3n) is 2.73. The van der Waals surface area contributed by atoms with Gasteiger partial charge in [-0.3, -0.25) is 9.48 Å². The lowest BCUT2D eigenvalue weighted by molar-refractivity contribution is 0.0952. The van der Waals surface area contributed by atoms with E-state index < -0.39 is 0 Å². The van der Waals surface area contributed by atoms with Gasteiger partial charge in [-0.05, 0) is 43.7 Å². The largest absolute Gasteiger partial charge is 0.352 e. The zero-order valence-electron chi connectivity index (χ0n) is 10.8. The second kappa shape index (κ2) is 6.38. The molecule has 0 radical (unpaired) electrons. The molecule has 1 aromatic heterocycles. The van der Waals surface area contributed by atoms with Crippen LogP contribution in [-0.4, -0.2) is 22.2 Å². The van der Waals surface area contributed by atoms with Crippen molar-refractivity contribution in [3.63, 3.8) is 0 Å². The summed E-state index contributed by atoms with van der Waals surface area (Å²) >= 11 is 5.77. The molecule has 2 aromatic rings. The molecule has 19 heavy (non-hydrogen) atoms. The molecule has 1 amide bonds. The number of nitrogens with one attached hydrogen (secondary N) is 1. The van der Waals surface area contributed by atoms with Gasteiger partial charge in [0.15, 0.2) is 0 Å². The van der Waals surface area contributed by atoms with Gasteiger partial charge in [-0.15, -0.1) is 0 Å². The van der Waals surface area contributed by atoms with Crippen molar-refractivity contribution in [3.05, 3.63) is 52.8 Å². The number of hydrogen-bond donors (Lipinski definition) is 1. The Bertz CT molecular complexity index is 548. The molecule has 0 aliphatic carbocycles. The van der Waals surface area contributed by atoms with E-state index in [0.717, 1.165) is 18.7 Å². The Morgan fingerprint density at radius 3 is 2.68 bits per heavy atom. The summed E-state index contributed by atoms with van der Waals surface area (Å²) in [6, 6.07) is 8.82. The lowest BCUT2D eigenvalue weighted by atomic mass is 10.2. The maximum Gasteiger partial charge on any atom is 0.251 e. The summed E-state index contributed by atoms with van der Waals surface area (Å²) in [6.07, 6.45) is 2.79. The number of carbonyl (C=O) groups is 1. The van der Waals surface area contributed by atoms with Crippen LogP contribution in [0.2, 0.25) is 5.02 Å². The van der Waals surface area contributed by atoms with Crippen LogP contribution >= 0.6 is 11.6 Å². The zero-order valence-corrected chi connectivity index (χ0v) is 11.5. The smallest absolute Gasteiger partial charge is 0.251 e. The van der Waals surface area contributed by atoms with Crippen molar-refractivity contribution in [2.45, 2.75) is 19.9 Å². The van der Waals surface area contributed by atoms with Gasteiger partial charge >= 0.3 is 0 Å². The van der Waals surface area contributed by atoms with Crippen molar-refractivity contribution in [3.8, 4) is 0 Å². The van der Waals surface area contributed by atoms with Gasteiger partial charge in [0.1, 0.15) is 0 Å². The van der Waals surface area contributed by atoms with Crippen LogP contribution in [0.3, 0.4) is 0 Å². The van der Waals surface area contributed by atoms with E-state index in [2.05, 4.69) is 10.4 Å². The molecule has 0 spiro atoms. The molecular formula is C14H16ClN3O. The van der Waals surface area contributed by atoms with Crippen molar-refractivity contribution in [1.82, 2.24) is 15.1 Å². The summed E-state index contributed by atoms with van der Waals surface area (Å²) in [4.78, 5) is 11.8. The van der Waals surface area contributed by atoms with E-state index in [4.69, 9.17) is 11.6 Å². The quantitative estimate of drug-likeness (QED) is 0.854. The van der Waals surface area contributed by atoms with Crippen LogP contribution in [0.15, 0.2) is 36.5 Å². The maximum atomic E-state index is 11.8. The second-order valence-corrected chi connectivity index (χ2v) is 4.77. The summed E-state index contributed by atoms with van der Waals surface area (Å²) in [5.41, 5.74) is 1.63. The van der Waals surface area contributed by atoms with Crippen LogP contribution in [0.25, 0.3) is 0 Å². The first-order valence-corrected chi connectivity index (χ1v) is 6.57. The van der Waals surface area contributed by atoms with E-state index in [-0.39, 0.29) is 5.91 Å². The van der Waals surface area contributed by atoms with Gasteiger partial charge in [0.2, 0.25) is 0 Å². The fourth-order valence-corrected chi connectivity index (χ4v) is 1.86. The minimum atomic E-state index is -0.0756. The molecule has 0 atom stereocenters. The Kier molecular flexibility index (Phi) is 4.58. The molecule has 100 valence electrons. The average Bonchev–Trinajstić information content (AvgIpc) is 2.81. The Labute approximate surface area is 117 Å². The predicted octanol–water partition coefficient (Wildman–Crippen LogP) is 2.67. The van der Waals surface area contributed by atoms with Gasteiger partial charge in [0, 0.05) is 29.9 Å². The molecular weight excluding hydrogens is 262 g/mol. The molecule has 0 bridgehead atoms. The third-order valence-corrected chi connectivity index (χ3v) is 2.98. The van der Waals surface area contributed by atoms with E-state index in [1.54, 1.807) is 24.3 Å². The maximum absolute atomic E-state index is 11.8. The van der Waals surface area contributed by atoms with Crippen molar-refractivity contribution >= 4 is 17.5 Å². The fourth-order valence-electron chi connectivity index (χ4n) is 1.73. The number of benzene rings is 1. The number of nitrogens with zero attached hydrogens (tertiary/aromatic N) is 2. The van der Waals surface area contributed by atoms with Gasteiger partial charge < -0.3 is 5.32 Å². The number of halogens is 1. The van der Waals surface area contributed by atoms with Crippen LogP contribution in [0.4, 0.5) is 0 Å². The van der Waals surface area contributed by atoms with Crippen molar-refractivity contribution < 1.29 is 4.79 Å². The highest BCUT2D eigenvalue weighted by molar-refractivity contribution is 6.30. The molecule has 2 rings (SSSR count). The van der Waals surface area contributed by atoms with Crippen LogP contribution in [0.1, 0.15) is 22.5 Å². The summed E-state index contributed by atoms with van der Waals surface area (Å²) in [5.74, 6) is -0.0756. The number of carbonyl (C=O) groups excluding carboxylic acids is 1. The lowest BCUT2D eigenvalue weighted by Crippen LogP contribution is -2.25. The van der Waals surface area contributed by atoms with E-state index in [0.29, 0.717) is 17.1 Å². The Morgan fingerprint density at radius 1 is 1.32 bits per heavy atom. The fraction of sp³-hybridized carbons (Fsp3) is 0.286. The number of rotatable bonds is 5. The predicted molar refractivity (Wildman–Crippen MR) is 75.4 cm³/mol. The monoisotopic (exact) mass is 277 g/mol. The van der Waals surface area contributed by atoms with Crippen LogP contribution in [0, 0.1) is 6.92 Å². The molecule has 1 heterocycles. The first-order valence-electron chi connectivity index (χ1n) is 6.19. The second-order valence-electron chi connectivity index (χ2n) is 4.34. The van der Waals surface area contributed by atoms with Crippen molar-refractivity contribution in [2.24, 2.45) is 0 Å². The molecule has 0 saturated heterocycles. The summed E-state index contributed by atoms with van der Waals surface area (Å²) < 4.78 is 1.88. The highest BCUT2D eigenvalue weighted by Crippen LogP contribution is 2.09. The summed E-state index contributed by atoms with van der Waals surface area (Å²) in [7, 11) is 0. The molecule has 4 nitrogen and oxygen atoms in total. The first kappa shape index (κ1) is 13.6. The SMILES string of the molecule is Cc1ccn(CCCNC(=O)c2ccc(Cl)cc2)n1. The molecule has 1 aromatic carbocycles. The van der Waals surface area contributed by atoms with E-state index in [1.807, 2.05) is 23.9 Å². The van der Waals surface area contributed by atoms with Gasteiger partial charge in [-0.1, -0.05) is 11.6 Å². The number of aromatic nitrogens is 2. The topological polar surface area (TPSA) is 46.9 Å². The van der Waals surface area contributed by atoms with Gasteiger partial charge in [-0.25, -0.2) is 0 Å². The first-order chi connectivity index (χ1) is 9.15. The average molecular weight is 278 g/mol. The normalized spacial score (nSPS) is 10.4. The van der Waals surface area contributed by atoms with Gasteiger partial charge in [0.25, 0.3) is 5.91 Å². The Hall–Kier alpha value is -1.81. The van der Waals surface area contributed by atoms with Crippen molar-refractivity contribution in [2.75, 3.05) is 6.54 Å². The number of amides is 1. The van der Waals surface area contributed by atoms with E-state index in [9.17, 15) is 4.79 Å². The summed E-state index contributed by atoms with van der Waals surface area (Å²) in [5, 5.41) is 7.79. The summed E-state index contributed by atoms with van der Waals surface area (Å²) in [6.45, 7) is 3.38. The Balaban J connectivity index is 1.73. The molecule has 0 saturated carbocycles. The van der Waals surface area contributed by atoms with Crippen LogP contribution < -0.4 is 5.32 Å². The molecule has 0 fully saturated rings. The standard InChI is InChI=1S/C14H16ClN3O/c1-11-7-10-18(17-11)9-2-8-16-14(19)12-3-5-13(15)6-4-12/h3-7,10H,2,8-9H2,1H3,(H,16,19). The highest BCUT2D eigenvalue weighted by atomic mass is 35.5. The third kappa shape index (κ3) is 4.10. The zero-order chi connectivity index (χ0) is 13.7. The number of aryl methyl sites for hydroxylation is 2. The highest BCUT2D eigenvalue weighted by Gasteiger charge is 2.04. The molecule has 5 heteroatoms. The molecule has 1 N–H and O–H groups in total. The van der Waals surface area contributed by atoms with Gasteiger partial charge in [-0.2, -0.15) is 5.10 Å². The van der Waals surface area contributed by atoms with E-state index >= 15 is 0 Å². The Morgan fingerprint density at radius 2 is 2.05 bits per heavy atom. The minimum Gasteiger partial charge on any atom is -0.352 e. The van der Waals surface area contributed by atoms with Crippen molar-refractivity contribution in [1.29, 1.82) is 0 Å². The van der Waals surface area contributed by atoms with Crippen LogP contribution in [-0.2, 0) is 6.54 Å². The number of hydrogen-bond acceptors (Lipinski definition) is 2. The molecule has 0 unspecified atom stereocenters. The van der Waals surface area contributed by atoms with Crippen LogP contribution in [0.5, 0.6) is 0 Å². The minimum absolute atomic E-state index is 0.0756. The molecule has 0 aliphatic rings. The van der Waals surface area contributed by atoms with E-state index in [1.165, 1.54) is 0 Å². The lowest BCUT2D eigenvalue weighted by Gasteiger charge is -2.05. The molecule has 0 aliphatic heterocycles.